The third-order valence-electron chi connectivity index (χ3n) is 3.76. The minimum Gasteiger partial charge on any atom is -0.423 e. The lowest BCUT2D eigenvalue weighted by molar-refractivity contribution is 0.0656. The standard InChI is InChI=1S/C16H14BNO4/c19-15-13-7-6-12(17(21)22)10-14(13)16(20)18(15)9-8-11-4-2-1-3-5-11/h1-7,10,21-22H,8-9H2. The summed E-state index contributed by atoms with van der Waals surface area (Å²) in [7, 11) is -1.66. The molecule has 0 saturated carbocycles. The summed E-state index contributed by atoms with van der Waals surface area (Å²) in [6, 6.07) is 13.9. The van der Waals surface area contributed by atoms with Gasteiger partial charge in [0.25, 0.3) is 11.8 Å². The average Bonchev–Trinajstić information content (AvgIpc) is 2.77. The molecule has 2 N–H and O–H groups in total. The second kappa shape index (κ2) is 5.75. The number of imide groups is 1. The molecule has 2 aromatic rings. The maximum absolute atomic E-state index is 12.3. The summed E-state index contributed by atoms with van der Waals surface area (Å²) < 4.78 is 0. The van der Waals surface area contributed by atoms with E-state index >= 15 is 0 Å². The van der Waals surface area contributed by atoms with E-state index in [-0.39, 0.29) is 16.9 Å². The lowest BCUT2D eigenvalue weighted by Gasteiger charge is -2.13. The quantitative estimate of drug-likeness (QED) is 0.624. The van der Waals surface area contributed by atoms with Gasteiger partial charge >= 0.3 is 7.12 Å². The molecule has 22 heavy (non-hydrogen) atoms. The molecule has 5 nitrogen and oxygen atoms in total. The molecule has 0 radical (unpaired) electrons. The van der Waals surface area contributed by atoms with Crippen molar-refractivity contribution in [2.45, 2.75) is 6.42 Å². The molecular formula is C16H14BNO4. The third kappa shape index (κ3) is 2.54. The van der Waals surface area contributed by atoms with Crippen LogP contribution < -0.4 is 5.46 Å². The van der Waals surface area contributed by atoms with E-state index in [1.807, 2.05) is 30.3 Å². The highest BCUT2D eigenvalue weighted by Gasteiger charge is 2.35. The minimum absolute atomic E-state index is 0.199. The smallest absolute Gasteiger partial charge is 0.423 e. The molecule has 0 spiro atoms. The van der Waals surface area contributed by atoms with Crippen molar-refractivity contribution in [1.82, 2.24) is 4.90 Å². The van der Waals surface area contributed by atoms with Crippen LogP contribution in [0, 0.1) is 0 Å². The van der Waals surface area contributed by atoms with Crippen molar-refractivity contribution in [2.24, 2.45) is 0 Å². The molecule has 0 aliphatic carbocycles. The van der Waals surface area contributed by atoms with Crippen LogP contribution in [0.2, 0.25) is 0 Å². The zero-order chi connectivity index (χ0) is 15.7. The molecule has 0 saturated heterocycles. The van der Waals surface area contributed by atoms with E-state index in [0.29, 0.717) is 18.5 Å². The largest absolute Gasteiger partial charge is 0.488 e. The number of hydrogen-bond donors (Lipinski definition) is 2. The highest BCUT2D eigenvalue weighted by molar-refractivity contribution is 6.58. The number of benzene rings is 2. The molecule has 2 aromatic carbocycles. The van der Waals surface area contributed by atoms with Gasteiger partial charge in [0.15, 0.2) is 0 Å². The predicted molar refractivity (Wildman–Crippen MR) is 81.8 cm³/mol. The fourth-order valence-corrected chi connectivity index (χ4v) is 2.56. The molecule has 3 rings (SSSR count). The van der Waals surface area contributed by atoms with E-state index in [9.17, 15) is 19.6 Å². The first-order valence-corrected chi connectivity index (χ1v) is 6.98. The van der Waals surface area contributed by atoms with Crippen molar-refractivity contribution in [1.29, 1.82) is 0 Å². The highest BCUT2D eigenvalue weighted by atomic mass is 16.4. The lowest BCUT2D eigenvalue weighted by atomic mass is 9.79. The monoisotopic (exact) mass is 295 g/mol. The number of amides is 2. The van der Waals surface area contributed by atoms with Crippen LogP contribution in [-0.4, -0.2) is 40.4 Å². The van der Waals surface area contributed by atoms with Gasteiger partial charge in [-0.1, -0.05) is 36.4 Å². The van der Waals surface area contributed by atoms with Crippen molar-refractivity contribution < 1.29 is 19.6 Å². The van der Waals surface area contributed by atoms with E-state index in [4.69, 9.17) is 0 Å². The second-order valence-corrected chi connectivity index (χ2v) is 5.18. The summed E-state index contributed by atoms with van der Waals surface area (Å²) in [5, 5.41) is 18.3. The maximum atomic E-state index is 12.3. The van der Waals surface area contributed by atoms with Gasteiger partial charge in [-0.15, -0.1) is 0 Å². The first-order chi connectivity index (χ1) is 10.6. The average molecular weight is 295 g/mol. The summed E-state index contributed by atoms with van der Waals surface area (Å²) in [6.07, 6.45) is 0.585. The Labute approximate surface area is 128 Å². The minimum atomic E-state index is -1.66. The van der Waals surface area contributed by atoms with Gasteiger partial charge in [-0.05, 0) is 29.6 Å². The van der Waals surface area contributed by atoms with Gasteiger partial charge in [-0.2, -0.15) is 0 Å². The number of rotatable bonds is 4. The van der Waals surface area contributed by atoms with Gasteiger partial charge in [0, 0.05) is 6.54 Å². The molecule has 0 bridgehead atoms. The molecule has 0 atom stereocenters. The van der Waals surface area contributed by atoms with E-state index in [2.05, 4.69) is 0 Å². The van der Waals surface area contributed by atoms with E-state index < -0.39 is 13.0 Å². The first-order valence-electron chi connectivity index (χ1n) is 6.98. The summed E-state index contributed by atoms with van der Waals surface area (Å²) in [5.74, 6) is -0.728. The van der Waals surface area contributed by atoms with Crippen LogP contribution in [0.25, 0.3) is 0 Å². The Kier molecular flexibility index (Phi) is 3.79. The summed E-state index contributed by atoms with van der Waals surface area (Å²) in [6.45, 7) is 0.299. The van der Waals surface area contributed by atoms with Crippen molar-refractivity contribution >= 4 is 24.4 Å². The van der Waals surface area contributed by atoms with Gasteiger partial charge in [-0.25, -0.2) is 0 Å². The van der Waals surface area contributed by atoms with E-state index in [1.54, 1.807) is 0 Å². The molecule has 0 aromatic heterocycles. The number of carbonyl (C=O) groups excluding carboxylic acids is 2. The topological polar surface area (TPSA) is 77.8 Å². The van der Waals surface area contributed by atoms with Gasteiger partial charge in [-0.3, -0.25) is 14.5 Å². The Morgan fingerprint density at radius 2 is 1.59 bits per heavy atom. The highest BCUT2D eigenvalue weighted by Crippen LogP contribution is 2.22. The molecule has 0 fully saturated rings. The Bertz CT molecular complexity index is 730. The van der Waals surface area contributed by atoms with Crippen molar-refractivity contribution in [2.75, 3.05) is 6.54 Å². The van der Waals surface area contributed by atoms with Crippen LogP contribution in [0.5, 0.6) is 0 Å². The Morgan fingerprint density at radius 1 is 0.909 bits per heavy atom. The molecule has 110 valence electrons. The zero-order valence-electron chi connectivity index (χ0n) is 11.8. The summed E-state index contributed by atoms with van der Waals surface area (Å²) in [4.78, 5) is 25.8. The second-order valence-electron chi connectivity index (χ2n) is 5.18. The van der Waals surface area contributed by atoms with E-state index in [0.717, 1.165) is 5.56 Å². The van der Waals surface area contributed by atoms with Crippen LogP contribution in [0.1, 0.15) is 26.3 Å². The summed E-state index contributed by atoms with van der Waals surface area (Å²) in [5.41, 5.74) is 1.78. The Hall–Kier alpha value is -2.44. The number of hydrogen-bond acceptors (Lipinski definition) is 4. The van der Waals surface area contributed by atoms with Crippen LogP contribution in [-0.2, 0) is 6.42 Å². The van der Waals surface area contributed by atoms with Crippen molar-refractivity contribution in [3.63, 3.8) is 0 Å². The van der Waals surface area contributed by atoms with Gasteiger partial charge < -0.3 is 10.0 Å². The molecule has 0 unspecified atom stereocenters. The van der Waals surface area contributed by atoms with Crippen LogP contribution in [0.15, 0.2) is 48.5 Å². The normalized spacial score (nSPS) is 13.5. The zero-order valence-corrected chi connectivity index (χ0v) is 11.8. The number of carbonyl (C=O) groups is 2. The van der Waals surface area contributed by atoms with Crippen molar-refractivity contribution in [3.8, 4) is 0 Å². The molecule has 2 amide bonds. The Balaban J connectivity index is 1.81. The molecular weight excluding hydrogens is 281 g/mol. The van der Waals surface area contributed by atoms with Crippen molar-refractivity contribution in [3.05, 3.63) is 65.2 Å². The molecule has 1 heterocycles. The number of fused-ring (bicyclic) bond motifs is 1. The van der Waals surface area contributed by atoms with Gasteiger partial charge in [0.2, 0.25) is 0 Å². The number of nitrogens with zero attached hydrogens (tertiary/aromatic N) is 1. The fraction of sp³-hybridized carbons (Fsp3) is 0.125. The third-order valence-corrected chi connectivity index (χ3v) is 3.76. The summed E-state index contributed by atoms with van der Waals surface area (Å²) >= 11 is 0. The lowest BCUT2D eigenvalue weighted by Crippen LogP contribution is -2.32. The molecule has 1 aliphatic heterocycles. The van der Waals surface area contributed by atoms with Gasteiger partial charge in [0.05, 0.1) is 11.1 Å². The fourth-order valence-electron chi connectivity index (χ4n) is 2.56. The van der Waals surface area contributed by atoms with Gasteiger partial charge in [0.1, 0.15) is 0 Å². The van der Waals surface area contributed by atoms with Crippen LogP contribution in [0.4, 0.5) is 0 Å². The van der Waals surface area contributed by atoms with E-state index in [1.165, 1.54) is 23.1 Å². The molecule has 1 aliphatic rings. The SMILES string of the molecule is O=C1c2ccc(B(O)O)cc2C(=O)N1CCc1ccccc1. The predicted octanol–water partition coefficient (Wildman–Crippen LogP) is 0.205. The molecule has 6 heteroatoms. The first kappa shape index (κ1) is 14.5. The van der Waals surface area contributed by atoms with Crippen LogP contribution >= 0.6 is 0 Å². The Morgan fingerprint density at radius 3 is 2.27 bits per heavy atom. The maximum Gasteiger partial charge on any atom is 0.488 e. The van der Waals surface area contributed by atoms with Crippen LogP contribution in [0.3, 0.4) is 0 Å².